The van der Waals surface area contributed by atoms with Gasteiger partial charge in [0.1, 0.15) is 0 Å². The molecule has 2 amide bonds. The number of benzene rings is 2. The van der Waals surface area contributed by atoms with Crippen LogP contribution in [0.4, 0.5) is 24.5 Å². The fraction of sp³-hybridized carbons (Fsp3) is 0.300. The van der Waals surface area contributed by atoms with Crippen molar-refractivity contribution in [2.24, 2.45) is 5.92 Å². The molecule has 0 aromatic heterocycles. The highest BCUT2D eigenvalue weighted by Gasteiger charge is 2.36. The minimum absolute atomic E-state index is 0.0697. The Morgan fingerprint density at radius 1 is 1.07 bits per heavy atom. The second-order valence-corrected chi connectivity index (χ2v) is 6.71. The fourth-order valence-corrected chi connectivity index (χ4v) is 3.32. The van der Waals surface area contributed by atoms with Gasteiger partial charge < -0.3 is 10.2 Å². The molecular weight excluding hydrogens is 357 g/mol. The monoisotopic (exact) mass is 376 g/mol. The third-order valence-corrected chi connectivity index (χ3v) is 4.69. The first-order valence-electron chi connectivity index (χ1n) is 8.51. The normalized spacial score (nSPS) is 17.3. The molecule has 2 aromatic rings. The van der Waals surface area contributed by atoms with Crippen molar-refractivity contribution in [3.05, 3.63) is 59.2 Å². The minimum Gasteiger partial charge on any atom is -0.326 e. The number of anilines is 2. The number of halogens is 3. The molecule has 0 spiro atoms. The van der Waals surface area contributed by atoms with E-state index in [2.05, 4.69) is 5.32 Å². The Morgan fingerprint density at radius 2 is 1.67 bits per heavy atom. The summed E-state index contributed by atoms with van der Waals surface area (Å²) in [4.78, 5) is 26.5. The van der Waals surface area contributed by atoms with Gasteiger partial charge in [-0.25, -0.2) is 0 Å². The molecule has 3 rings (SSSR count). The molecule has 1 unspecified atom stereocenters. The van der Waals surface area contributed by atoms with Crippen molar-refractivity contribution in [3.8, 4) is 0 Å². The summed E-state index contributed by atoms with van der Waals surface area (Å²) in [6.45, 7) is 4.06. The number of aryl methyl sites for hydroxylation is 2. The van der Waals surface area contributed by atoms with Crippen molar-refractivity contribution in [2.75, 3.05) is 16.8 Å². The van der Waals surface area contributed by atoms with E-state index in [4.69, 9.17) is 0 Å². The van der Waals surface area contributed by atoms with Crippen LogP contribution in [0.15, 0.2) is 42.5 Å². The predicted octanol–water partition coefficient (Wildman–Crippen LogP) is 4.31. The summed E-state index contributed by atoms with van der Waals surface area (Å²) in [7, 11) is 0. The number of nitrogens with zero attached hydrogens (tertiary/aromatic N) is 1. The molecule has 27 heavy (non-hydrogen) atoms. The number of para-hydroxylation sites is 1. The van der Waals surface area contributed by atoms with E-state index in [0.29, 0.717) is 0 Å². The smallest absolute Gasteiger partial charge is 0.326 e. The molecule has 7 heteroatoms. The number of hydrogen-bond donors (Lipinski definition) is 1. The van der Waals surface area contributed by atoms with Crippen molar-refractivity contribution < 1.29 is 22.8 Å². The maximum atomic E-state index is 12.6. The zero-order valence-electron chi connectivity index (χ0n) is 14.9. The number of alkyl halides is 3. The molecule has 0 saturated carbocycles. The standard InChI is InChI=1S/C20H19F3N2O2/c1-12-4-3-5-13(2)18(12)25-11-14(10-17(25)26)19(27)24-16-8-6-15(7-9-16)20(21,22)23/h3-9,14H,10-11H2,1-2H3,(H,24,27). The largest absolute Gasteiger partial charge is 0.416 e. The molecule has 142 valence electrons. The molecule has 0 aliphatic carbocycles. The highest BCUT2D eigenvalue weighted by atomic mass is 19.4. The first-order chi connectivity index (χ1) is 12.7. The number of amides is 2. The quantitative estimate of drug-likeness (QED) is 0.868. The zero-order chi connectivity index (χ0) is 19.8. The second-order valence-electron chi connectivity index (χ2n) is 6.71. The maximum Gasteiger partial charge on any atom is 0.416 e. The van der Waals surface area contributed by atoms with Crippen molar-refractivity contribution in [2.45, 2.75) is 26.4 Å². The van der Waals surface area contributed by atoms with E-state index < -0.39 is 17.7 Å². The van der Waals surface area contributed by atoms with Crippen LogP contribution < -0.4 is 10.2 Å². The third kappa shape index (κ3) is 3.97. The van der Waals surface area contributed by atoms with Crippen LogP contribution in [0.2, 0.25) is 0 Å². The second kappa shape index (κ2) is 7.06. The van der Waals surface area contributed by atoms with Gasteiger partial charge in [-0.15, -0.1) is 0 Å². The van der Waals surface area contributed by atoms with Crippen molar-refractivity contribution >= 4 is 23.2 Å². The van der Waals surface area contributed by atoms with Crippen LogP contribution in [0.25, 0.3) is 0 Å². The third-order valence-electron chi connectivity index (χ3n) is 4.69. The van der Waals surface area contributed by atoms with Gasteiger partial charge in [0, 0.05) is 24.3 Å². The van der Waals surface area contributed by atoms with E-state index in [0.717, 1.165) is 28.9 Å². The topological polar surface area (TPSA) is 49.4 Å². The first kappa shape index (κ1) is 18.9. The molecule has 4 nitrogen and oxygen atoms in total. The SMILES string of the molecule is Cc1cccc(C)c1N1CC(C(=O)Nc2ccc(C(F)(F)F)cc2)CC1=O. The summed E-state index contributed by atoms with van der Waals surface area (Å²) in [5.41, 5.74) is 2.20. The lowest BCUT2D eigenvalue weighted by Crippen LogP contribution is -2.29. The molecular formula is C20H19F3N2O2. The van der Waals surface area contributed by atoms with Gasteiger partial charge in [0.05, 0.1) is 11.5 Å². The fourth-order valence-electron chi connectivity index (χ4n) is 3.32. The van der Waals surface area contributed by atoms with Crippen LogP contribution in [-0.2, 0) is 15.8 Å². The van der Waals surface area contributed by atoms with Gasteiger partial charge in [-0.1, -0.05) is 18.2 Å². The molecule has 0 radical (unpaired) electrons. The summed E-state index contributed by atoms with van der Waals surface area (Å²) in [5.74, 6) is -1.07. The number of rotatable bonds is 3. The van der Waals surface area contributed by atoms with Gasteiger partial charge in [0.2, 0.25) is 11.8 Å². The average Bonchev–Trinajstić information content (AvgIpc) is 2.96. The molecule has 1 fully saturated rings. The van der Waals surface area contributed by atoms with E-state index in [1.165, 1.54) is 12.1 Å². The van der Waals surface area contributed by atoms with Gasteiger partial charge in [-0.3, -0.25) is 9.59 Å². The Morgan fingerprint density at radius 3 is 2.22 bits per heavy atom. The van der Waals surface area contributed by atoms with Crippen LogP contribution in [-0.4, -0.2) is 18.4 Å². The summed E-state index contributed by atoms with van der Waals surface area (Å²) >= 11 is 0. The lowest BCUT2D eigenvalue weighted by molar-refractivity contribution is -0.137. The van der Waals surface area contributed by atoms with Crippen LogP contribution in [0.3, 0.4) is 0 Å². The molecule has 1 heterocycles. The maximum absolute atomic E-state index is 12.6. The van der Waals surface area contributed by atoms with Crippen molar-refractivity contribution in [1.82, 2.24) is 0 Å². The lowest BCUT2D eigenvalue weighted by atomic mass is 10.1. The van der Waals surface area contributed by atoms with Gasteiger partial charge in [0.15, 0.2) is 0 Å². The average molecular weight is 376 g/mol. The zero-order valence-corrected chi connectivity index (χ0v) is 14.9. The highest BCUT2D eigenvalue weighted by molar-refractivity contribution is 6.04. The molecule has 0 bridgehead atoms. The van der Waals surface area contributed by atoms with E-state index in [-0.39, 0.29) is 30.5 Å². The Balaban J connectivity index is 1.71. The number of nitrogens with one attached hydrogen (secondary N) is 1. The summed E-state index contributed by atoms with van der Waals surface area (Å²) in [6, 6.07) is 9.97. The number of carbonyl (C=O) groups is 2. The molecule has 1 aliphatic rings. The molecule has 1 atom stereocenters. The van der Waals surface area contributed by atoms with E-state index in [1.54, 1.807) is 4.90 Å². The predicted molar refractivity (Wildman–Crippen MR) is 96.4 cm³/mol. The molecule has 1 N–H and O–H groups in total. The Labute approximate surface area is 155 Å². The van der Waals surface area contributed by atoms with Gasteiger partial charge >= 0.3 is 6.18 Å². The van der Waals surface area contributed by atoms with Crippen LogP contribution >= 0.6 is 0 Å². The first-order valence-corrected chi connectivity index (χ1v) is 8.51. The van der Waals surface area contributed by atoms with Gasteiger partial charge in [-0.05, 0) is 49.2 Å². The summed E-state index contributed by atoms with van der Waals surface area (Å²) < 4.78 is 37.8. The highest BCUT2D eigenvalue weighted by Crippen LogP contribution is 2.32. The van der Waals surface area contributed by atoms with E-state index in [1.807, 2.05) is 32.0 Å². The minimum atomic E-state index is -4.42. The van der Waals surface area contributed by atoms with Gasteiger partial charge in [0.25, 0.3) is 0 Å². The van der Waals surface area contributed by atoms with E-state index >= 15 is 0 Å². The van der Waals surface area contributed by atoms with Crippen molar-refractivity contribution in [3.63, 3.8) is 0 Å². The molecule has 2 aromatic carbocycles. The Kier molecular flexibility index (Phi) is 4.95. The molecule has 1 saturated heterocycles. The summed E-state index contributed by atoms with van der Waals surface area (Å²) in [6.07, 6.45) is -4.35. The Bertz CT molecular complexity index is 856. The molecule has 1 aliphatic heterocycles. The number of carbonyl (C=O) groups excluding carboxylic acids is 2. The summed E-state index contributed by atoms with van der Waals surface area (Å²) in [5, 5.41) is 2.60. The van der Waals surface area contributed by atoms with Crippen LogP contribution in [0.5, 0.6) is 0 Å². The van der Waals surface area contributed by atoms with E-state index in [9.17, 15) is 22.8 Å². The number of hydrogen-bond acceptors (Lipinski definition) is 2. The van der Waals surface area contributed by atoms with Crippen LogP contribution in [0.1, 0.15) is 23.1 Å². The van der Waals surface area contributed by atoms with Crippen molar-refractivity contribution in [1.29, 1.82) is 0 Å². The van der Waals surface area contributed by atoms with Crippen LogP contribution in [0, 0.1) is 19.8 Å². The lowest BCUT2D eigenvalue weighted by Gasteiger charge is -2.21. The van der Waals surface area contributed by atoms with Gasteiger partial charge in [-0.2, -0.15) is 13.2 Å². The Hall–Kier alpha value is -2.83.